The van der Waals surface area contributed by atoms with Crippen LogP contribution in [0.3, 0.4) is 0 Å². The van der Waals surface area contributed by atoms with E-state index in [4.69, 9.17) is 9.47 Å². The molecule has 1 atom stereocenters. The van der Waals surface area contributed by atoms with Gasteiger partial charge in [-0.3, -0.25) is 4.79 Å². The number of carbonyl (C=O) groups excluding carboxylic acids is 1. The predicted molar refractivity (Wildman–Crippen MR) is 78.6 cm³/mol. The molecule has 0 unspecified atom stereocenters. The monoisotopic (exact) mass is 293 g/mol. The Balaban J connectivity index is 1.48. The van der Waals surface area contributed by atoms with Gasteiger partial charge in [0, 0.05) is 18.0 Å². The third kappa shape index (κ3) is 2.06. The first-order valence-electron chi connectivity index (χ1n) is 8.44. The minimum absolute atomic E-state index is 0.257. The summed E-state index contributed by atoms with van der Waals surface area (Å²) in [5, 5.41) is 0. The average Bonchev–Trinajstić information content (AvgIpc) is 3.14. The molecular weight excluding hydrogens is 266 g/mol. The number of ether oxygens (including phenoxy) is 2. The molecule has 2 saturated heterocycles. The summed E-state index contributed by atoms with van der Waals surface area (Å²) in [6, 6.07) is 0.519. The Morgan fingerprint density at radius 2 is 1.71 bits per heavy atom. The maximum atomic E-state index is 13.0. The lowest BCUT2D eigenvalue weighted by Crippen LogP contribution is -2.72. The number of nitrogens with zero attached hydrogens (tertiary/aromatic N) is 1. The van der Waals surface area contributed by atoms with Crippen molar-refractivity contribution in [1.82, 2.24) is 4.90 Å². The van der Waals surface area contributed by atoms with Gasteiger partial charge in [0.2, 0.25) is 5.91 Å². The lowest BCUT2D eigenvalue weighted by atomic mass is 9.56. The third-order valence-electron chi connectivity index (χ3n) is 6.12. The number of amides is 1. The van der Waals surface area contributed by atoms with Gasteiger partial charge >= 0.3 is 0 Å². The second kappa shape index (κ2) is 4.23. The van der Waals surface area contributed by atoms with Crippen molar-refractivity contribution < 1.29 is 14.3 Å². The van der Waals surface area contributed by atoms with Gasteiger partial charge in [-0.15, -0.1) is 0 Å². The summed E-state index contributed by atoms with van der Waals surface area (Å²) in [6.07, 6.45) is 6.63. The summed E-state index contributed by atoms with van der Waals surface area (Å²) in [6.45, 7) is 7.75. The van der Waals surface area contributed by atoms with Crippen LogP contribution in [0.5, 0.6) is 0 Å². The molecule has 4 rings (SSSR count). The molecule has 0 bridgehead atoms. The fourth-order valence-electron chi connectivity index (χ4n) is 4.42. The van der Waals surface area contributed by atoms with Crippen LogP contribution in [0.15, 0.2) is 0 Å². The van der Waals surface area contributed by atoms with Crippen LogP contribution >= 0.6 is 0 Å². The molecule has 21 heavy (non-hydrogen) atoms. The summed E-state index contributed by atoms with van der Waals surface area (Å²) < 4.78 is 11.5. The zero-order valence-electron chi connectivity index (χ0n) is 13.5. The molecule has 118 valence electrons. The third-order valence-corrected chi connectivity index (χ3v) is 6.12. The summed E-state index contributed by atoms with van der Waals surface area (Å²) in [4.78, 5) is 15.2. The fourth-order valence-corrected chi connectivity index (χ4v) is 4.42. The van der Waals surface area contributed by atoms with Gasteiger partial charge in [-0.1, -0.05) is 6.42 Å². The van der Waals surface area contributed by atoms with E-state index >= 15 is 0 Å². The standard InChI is InChI=1S/C17H27NO3/c1-15(2)20-10-16(3,11-21-15)14(19)18-9-17(7-4-8-17)13(18)12-5-6-12/h12-13H,4-11H2,1-3H3/t13-/m1/s1. The molecule has 0 aromatic rings. The first-order valence-corrected chi connectivity index (χ1v) is 8.44. The molecule has 0 aromatic carbocycles. The lowest BCUT2D eigenvalue weighted by Gasteiger charge is -2.64. The molecule has 1 amide bonds. The van der Waals surface area contributed by atoms with Gasteiger partial charge in [-0.25, -0.2) is 0 Å². The largest absolute Gasteiger partial charge is 0.349 e. The van der Waals surface area contributed by atoms with Crippen molar-refractivity contribution in [3.05, 3.63) is 0 Å². The van der Waals surface area contributed by atoms with Crippen LogP contribution in [0, 0.1) is 16.7 Å². The molecule has 4 fully saturated rings. The van der Waals surface area contributed by atoms with E-state index in [0.29, 0.717) is 24.7 Å². The van der Waals surface area contributed by atoms with E-state index in [1.807, 2.05) is 20.8 Å². The molecular formula is C17H27NO3. The van der Waals surface area contributed by atoms with Gasteiger partial charge < -0.3 is 14.4 Å². The summed E-state index contributed by atoms with van der Waals surface area (Å²) in [5.74, 6) is 0.473. The Morgan fingerprint density at radius 1 is 1.10 bits per heavy atom. The molecule has 4 heteroatoms. The number of hydrogen-bond acceptors (Lipinski definition) is 3. The van der Waals surface area contributed by atoms with Crippen LogP contribution in [0.2, 0.25) is 0 Å². The molecule has 2 heterocycles. The second-order valence-corrected chi connectivity index (χ2v) is 8.47. The summed E-state index contributed by atoms with van der Waals surface area (Å²) in [7, 11) is 0. The van der Waals surface area contributed by atoms with E-state index in [2.05, 4.69) is 4.90 Å². The van der Waals surface area contributed by atoms with E-state index in [0.717, 1.165) is 12.5 Å². The van der Waals surface area contributed by atoms with Crippen LogP contribution in [-0.4, -0.2) is 42.4 Å². The Bertz CT molecular complexity index is 455. The van der Waals surface area contributed by atoms with Crippen molar-refractivity contribution in [2.24, 2.45) is 16.7 Å². The molecule has 2 aliphatic heterocycles. The van der Waals surface area contributed by atoms with E-state index in [9.17, 15) is 4.79 Å². The van der Waals surface area contributed by atoms with E-state index in [-0.39, 0.29) is 5.91 Å². The van der Waals surface area contributed by atoms with Crippen molar-refractivity contribution in [3.8, 4) is 0 Å². The van der Waals surface area contributed by atoms with Gasteiger partial charge in [-0.05, 0) is 52.4 Å². The van der Waals surface area contributed by atoms with Gasteiger partial charge in [0.1, 0.15) is 0 Å². The molecule has 1 spiro atoms. The second-order valence-electron chi connectivity index (χ2n) is 8.47. The van der Waals surface area contributed by atoms with Crippen molar-refractivity contribution >= 4 is 5.91 Å². The van der Waals surface area contributed by atoms with Gasteiger partial charge in [0.25, 0.3) is 0 Å². The van der Waals surface area contributed by atoms with Crippen LogP contribution in [0.1, 0.15) is 52.9 Å². The Kier molecular flexibility index (Phi) is 2.82. The molecule has 0 radical (unpaired) electrons. The fraction of sp³-hybridized carbons (Fsp3) is 0.941. The highest BCUT2D eigenvalue weighted by atomic mass is 16.7. The highest BCUT2D eigenvalue weighted by molar-refractivity contribution is 5.84. The first kappa shape index (κ1) is 14.0. The number of hydrogen-bond donors (Lipinski definition) is 0. The van der Waals surface area contributed by atoms with Gasteiger partial charge in [-0.2, -0.15) is 0 Å². The van der Waals surface area contributed by atoms with Gasteiger partial charge in [0.15, 0.2) is 5.79 Å². The molecule has 0 N–H and O–H groups in total. The SMILES string of the molecule is CC1(C)OCC(C)(C(=O)N2CC3(CCC3)[C@H]2C2CC2)CO1. The van der Waals surface area contributed by atoms with E-state index in [1.54, 1.807) is 0 Å². The number of rotatable bonds is 2. The summed E-state index contributed by atoms with van der Waals surface area (Å²) in [5.41, 5.74) is -0.0170. The minimum Gasteiger partial charge on any atom is -0.349 e. The van der Waals surface area contributed by atoms with Crippen LogP contribution in [0.25, 0.3) is 0 Å². The molecule has 2 saturated carbocycles. The lowest BCUT2D eigenvalue weighted by molar-refractivity contribution is -0.282. The Morgan fingerprint density at radius 3 is 2.19 bits per heavy atom. The normalized spacial score (nSPS) is 36.0. The highest BCUT2D eigenvalue weighted by Gasteiger charge is 2.63. The van der Waals surface area contributed by atoms with E-state index < -0.39 is 11.2 Å². The van der Waals surface area contributed by atoms with Crippen LogP contribution < -0.4 is 0 Å². The van der Waals surface area contributed by atoms with Crippen molar-refractivity contribution in [1.29, 1.82) is 0 Å². The van der Waals surface area contributed by atoms with Crippen molar-refractivity contribution in [2.75, 3.05) is 19.8 Å². The topological polar surface area (TPSA) is 38.8 Å². The molecule has 2 aliphatic carbocycles. The summed E-state index contributed by atoms with van der Waals surface area (Å²) >= 11 is 0. The quantitative estimate of drug-likeness (QED) is 0.785. The first-order chi connectivity index (χ1) is 9.85. The van der Waals surface area contributed by atoms with Crippen LogP contribution in [-0.2, 0) is 14.3 Å². The zero-order chi connectivity index (χ0) is 14.9. The average molecular weight is 293 g/mol. The molecule has 4 nitrogen and oxygen atoms in total. The molecule has 0 aromatic heterocycles. The predicted octanol–water partition coefficient (Wildman–Crippen LogP) is 2.57. The molecule has 4 aliphatic rings. The minimum atomic E-state index is -0.556. The van der Waals surface area contributed by atoms with Crippen LogP contribution in [0.4, 0.5) is 0 Å². The van der Waals surface area contributed by atoms with Crippen molar-refractivity contribution in [3.63, 3.8) is 0 Å². The van der Waals surface area contributed by atoms with Gasteiger partial charge in [0.05, 0.1) is 18.6 Å². The number of carbonyl (C=O) groups is 1. The number of likely N-dealkylation sites (tertiary alicyclic amines) is 1. The van der Waals surface area contributed by atoms with Crippen molar-refractivity contribution in [2.45, 2.75) is 64.7 Å². The maximum absolute atomic E-state index is 13.0. The van der Waals surface area contributed by atoms with E-state index in [1.165, 1.54) is 32.1 Å². The smallest absolute Gasteiger partial charge is 0.233 e. The zero-order valence-corrected chi connectivity index (χ0v) is 13.5. The highest BCUT2D eigenvalue weighted by Crippen LogP contribution is 2.60. The Hall–Kier alpha value is -0.610. The maximum Gasteiger partial charge on any atom is 0.233 e. The Labute approximate surface area is 127 Å².